The molecule has 1 aromatic heterocycles. The SMILES string of the molecule is Cc1cc(CNC(=O)c2cc(N)ncn2)ccc1F. The maximum atomic E-state index is 13.1. The summed E-state index contributed by atoms with van der Waals surface area (Å²) in [5, 5.41) is 2.68. The van der Waals surface area contributed by atoms with Crippen molar-refractivity contribution < 1.29 is 9.18 Å². The van der Waals surface area contributed by atoms with E-state index in [9.17, 15) is 9.18 Å². The van der Waals surface area contributed by atoms with Crippen molar-refractivity contribution in [2.75, 3.05) is 5.73 Å². The maximum absolute atomic E-state index is 13.1. The molecule has 98 valence electrons. The van der Waals surface area contributed by atoms with E-state index in [2.05, 4.69) is 15.3 Å². The molecule has 0 fully saturated rings. The molecule has 1 aromatic carbocycles. The lowest BCUT2D eigenvalue weighted by atomic mass is 10.1. The first-order chi connectivity index (χ1) is 9.06. The van der Waals surface area contributed by atoms with Gasteiger partial charge in [-0.2, -0.15) is 0 Å². The highest BCUT2D eigenvalue weighted by Gasteiger charge is 2.08. The summed E-state index contributed by atoms with van der Waals surface area (Å²) in [4.78, 5) is 19.3. The molecule has 0 aliphatic heterocycles. The van der Waals surface area contributed by atoms with Crippen LogP contribution in [0.1, 0.15) is 21.6 Å². The number of nitrogen functional groups attached to an aromatic ring is 1. The van der Waals surface area contributed by atoms with Gasteiger partial charge in [-0.05, 0) is 24.1 Å². The molecule has 0 saturated heterocycles. The molecule has 0 spiro atoms. The molecule has 3 N–H and O–H groups in total. The normalized spacial score (nSPS) is 10.2. The van der Waals surface area contributed by atoms with E-state index in [1.165, 1.54) is 18.5 Å². The molecule has 0 aliphatic carbocycles. The van der Waals surface area contributed by atoms with Crippen LogP contribution < -0.4 is 11.1 Å². The number of anilines is 1. The summed E-state index contributed by atoms with van der Waals surface area (Å²) in [6.45, 7) is 1.97. The number of rotatable bonds is 3. The van der Waals surface area contributed by atoms with Gasteiger partial charge in [0.2, 0.25) is 0 Å². The van der Waals surface area contributed by atoms with Crippen LogP contribution in [-0.4, -0.2) is 15.9 Å². The topological polar surface area (TPSA) is 80.9 Å². The third kappa shape index (κ3) is 3.25. The summed E-state index contributed by atoms with van der Waals surface area (Å²) in [6, 6.07) is 6.08. The summed E-state index contributed by atoms with van der Waals surface area (Å²) >= 11 is 0. The van der Waals surface area contributed by atoms with Crippen molar-refractivity contribution in [3.63, 3.8) is 0 Å². The van der Waals surface area contributed by atoms with Crippen LogP contribution in [0.2, 0.25) is 0 Å². The van der Waals surface area contributed by atoms with Gasteiger partial charge in [-0.15, -0.1) is 0 Å². The molecule has 0 radical (unpaired) electrons. The Labute approximate surface area is 109 Å². The third-order valence-corrected chi connectivity index (χ3v) is 2.60. The van der Waals surface area contributed by atoms with Crippen molar-refractivity contribution in [3.05, 3.63) is 53.2 Å². The van der Waals surface area contributed by atoms with E-state index in [0.29, 0.717) is 12.1 Å². The van der Waals surface area contributed by atoms with E-state index in [1.54, 1.807) is 19.1 Å². The minimum atomic E-state index is -0.351. The van der Waals surface area contributed by atoms with Gasteiger partial charge in [-0.3, -0.25) is 4.79 Å². The highest BCUT2D eigenvalue weighted by atomic mass is 19.1. The number of carbonyl (C=O) groups is 1. The fraction of sp³-hybridized carbons (Fsp3) is 0.154. The standard InChI is InChI=1S/C13H13FN4O/c1-8-4-9(2-3-10(8)14)6-16-13(19)11-5-12(15)18-7-17-11/h2-5,7H,6H2,1H3,(H,16,19)(H2,15,17,18). The average molecular weight is 260 g/mol. The minimum Gasteiger partial charge on any atom is -0.384 e. The van der Waals surface area contributed by atoms with Crippen LogP contribution in [0.3, 0.4) is 0 Å². The first kappa shape index (κ1) is 12.9. The number of carbonyl (C=O) groups excluding carboxylic acids is 1. The van der Waals surface area contributed by atoms with Gasteiger partial charge < -0.3 is 11.1 Å². The first-order valence-electron chi connectivity index (χ1n) is 5.67. The van der Waals surface area contributed by atoms with Gasteiger partial charge in [-0.25, -0.2) is 14.4 Å². The molecule has 6 heteroatoms. The number of nitrogens with one attached hydrogen (secondary N) is 1. The lowest BCUT2D eigenvalue weighted by Crippen LogP contribution is -2.24. The van der Waals surface area contributed by atoms with E-state index in [0.717, 1.165) is 5.56 Å². The molecule has 1 amide bonds. The Morgan fingerprint density at radius 2 is 2.16 bits per heavy atom. The highest BCUT2D eigenvalue weighted by Crippen LogP contribution is 2.09. The number of aromatic nitrogens is 2. The van der Waals surface area contributed by atoms with Crippen molar-refractivity contribution in [2.24, 2.45) is 0 Å². The number of nitrogens with two attached hydrogens (primary N) is 1. The van der Waals surface area contributed by atoms with Crippen LogP contribution in [0.25, 0.3) is 0 Å². The Morgan fingerprint density at radius 1 is 1.37 bits per heavy atom. The maximum Gasteiger partial charge on any atom is 0.270 e. The van der Waals surface area contributed by atoms with Crippen molar-refractivity contribution >= 4 is 11.7 Å². The van der Waals surface area contributed by atoms with Crippen LogP contribution in [0.4, 0.5) is 10.2 Å². The number of benzene rings is 1. The molecule has 0 bridgehead atoms. The highest BCUT2D eigenvalue weighted by molar-refractivity contribution is 5.92. The fourth-order valence-corrected chi connectivity index (χ4v) is 1.59. The lowest BCUT2D eigenvalue weighted by Gasteiger charge is -2.06. The minimum absolute atomic E-state index is 0.200. The fourth-order valence-electron chi connectivity index (χ4n) is 1.59. The van der Waals surface area contributed by atoms with Gasteiger partial charge in [0.1, 0.15) is 23.7 Å². The number of aryl methyl sites for hydroxylation is 1. The third-order valence-electron chi connectivity index (χ3n) is 2.60. The van der Waals surface area contributed by atoms with E-state index in [-0.39, 0.29) is 23.2 Å². The predicted octanol–water partition coefficient (Wildman–Crippen LogP) is 1.44. The predicted molar refractivity (Wildman–Crippen MR) is 68.8 cm³/mol. The number of nitrogens with zero attached hydrogens (tertiary/aromatic N) is 2. The second kappa shape index (κ2) is 5.43. The molecule has 2 aromatic rings. The average Bonchev–Trinajstić information content (AvgIpc) is 2.40. The largest absolute Gasteiger partial charge is 0.384 e. The molecule has 0 aliphatic rings. The first-order valence-corrected chi connectivity index (χ1v) is 5.67. The Morgan fingerprint density at radius 3 is 2.84 bits per heavy atom. The summed E-state index contributed by atoms with van der Waals surface area (Å²) in [6.07, 6.45) is 1.23. The molecule has 0 saturated carbocycles. The molecule has 19 heavy (non-hydrogen) atoms. The molecule has 2 rings (SSSR count). The number of amides is 1. The van der Waals surface area contributed by atoms with Crippen molar-refractivity contribution in [1.82, 2.24) is 15.3 Å². The Hall–Kier alpha value is -2.50. The van der Waals surface area contributed by atoms with Crippen LogP contribution in [0, 0.1) is 12.7 Å². The smallest absolute Gasteiger partial charge is 0.270 e. The molecule has 5 nitrogen and oxygen atoms in total. The Bertz CT molecular complexity index is 615. The molecular formula is C13H13FN4O. The quantitative estimate of drug-likeness (QED) is 0.875. The van der Waals surface area contributed by atoms with Gasteiger partial charge in [0.05, 0.1) is 0 Å². The second-order valence-electron chi connectivity index (χ2n) is 4.09. The van der Waals surface area contributed by atoms with E-state index >= 15 is 0 Å². The van der Waals surface area contributed by atoms with Crippen LogP contribution >= 0.6 is 0 Å². The van der Waals surface area contributed by atoms with Crippen LogP contribution in [0.15, 0.2) is 30.6 Å². The van der Waals surface area contributed by atoms with Crippen molar-refractivity contribution in [2.45, 2.75) is 13.5 Å². The van der Waals surface area contributed by atoms with E-state index < -0.39 is 0 Å². The second-order valence-corrected chi connectivity index (χ2v) is 4.09. The summed E-state index contributed by atoms with van der Waals surface area (Å²) in [5.41, 5.74) is 7.02. The van der Waals surface area contributed by atoms with Crippen LogP contribution in [0.5, 0.6) is 0 Å². The van der Waals surface area contributed by atoms with Gasteiger partial charge in [0, 0.05) is 12.6 Å². The zero-order chi connectivity index (χ0) is 13.8. The van der Waals surface area contributed by atoms with E-state index in [4.69, 9.17) is 5.73 Å². The van der Waals surface area contributed by atoms with Crippen molar-refractivity contribution in [1.29, 1.82) is 0 Å². The molecule has 1 heterocycles. The number of halogens is 1. The number of hydrogen-bond donors (Lipinski definition) is 2. The Balaban J connectivity index is 2.02. The van der Waals surface area contributed by atoms with Crippen molar-refractivity contribution in [3.8, 4) is 0 Å². The van der Waals surface area contributed by atoms with Gasteiger partial charge in [-0.1, -0.05) is 12.1 Å². The molecule has 0 unspecified atom stereocenters. The summed E-state index contributed by atoms with van der Waals surface area (Å²) < 4.78 is 13.1. The Kier molecular flexibility index (Phi) is 3.70. The zero-order valence-corrected chi connectivity index (χ0v) is 10.4. The van der Waals surface area contributed by atoms with Crippen LogP contribution in [-0.2, 0) is 6.54 Å². The molecular weight excluding hydrogens is 247 g/mol. The monoisotopic (exact) mass is 260 g/mol. The van der Waals surface area contributed by atoms with Gasteiger partial charge in [0.15, 0.2) is 0 Å². The van der Waals surface area contributed by atoms with Gasteiger partial charge in [0.25, 0.3) is 5.91 Å². The lowest BCUT2D eigenvalue weighted by molar-refractivity contribution is 0.0946. The zero-order valence-electron chi connectivity index (χ0n) is 10.4. The molecule has 0 atom stereocenters. The van der Waals surface area contributed by atoms with E-state index in [1.807, 2.05) is 0 Å². The summed E-state index contributed by atoms with van der Waals surface area (Å²) in [5.74, 6) is -0.382. The number of hydrogen-bond acceptors (Lipinski definition) is 4. The van der Waals surface area contributed by atoms with Gasteiger partial charge >= 0.3 is 0 Å². The summed E-state index contributed by atoms with van der Waals surface area (Å²) in [7, 11) is 0.